The molecule has 1 aromatic rings. The molecule has 0 saturated carbocycles. The lowest BCUT2D eigenvalue weighted by Gasteiger charge is -2.28. The first kappa shape index (κ1) is 16.7. The maximum absolute atomic E-state index is 9.39. The fraction of sp³-hybridized carbons (Fsp3) is 0.250. The molecular formula is C16H11Cl3N2O. The van der Waals surface area contributed by atoms with Crippen LogP contribution < -0.4 is 0 Å². The summed E-state index contributed by atoms with van der Waals surface area (Å²) in [6.07, 6.45) is 0. The van der Waals surface area contributed by atoms with Crippen LogP contribution in [0, 0.1) is 17.9 Å². The number of rotatable bonds is 1. The molecule has 1 unspecified atom stereocenters. The number of hydrogen-bond donors (Lipinski definition) is 0. The molecule has 0 saturated heterocycles. The highest BCUT2D eigenvalue weighted by Gasteiger charge is 2.43. The van der Waals surface area contributed by atoms with Gasteiger partial charge in [-0.25, -0.2) is 4.85 Å². The third-order valence-corrected chi connectivity index (χ3v) is 5.07. The van der Waals surface area contributed by atoms with E-state index in [-0.39, 0.29) is 15.8 Å². The number of hydrogen-bond acceptors (Lipinski definition) is 2. The summed E-state index contributed by atoms with van der Waals surface area (Å²) in [5.74, 6) is 0.277. The number of ether oxygens (including phenoxy) is 1. The van der Waals surface area contributed by atoms with Gasteiger partial charge in [-0.1, -0.05) is 40.9 Å². The van der Waals surface area contributed by atoms with Crippen LogP contribution in [-0.2, 0) is 10.3 Å². The Hall–Kier alpha value is -1.65. The molecule has 0 aliphatic carbocycles. The summed E-state index contributed by atoms with van der Waals surface area (Å²) in [6.45, 7) is 12.3. The molecule has 1 atom stereocenters. The Morgan fingerprint density at radius 2 is 1.95 bits per heavy atom. The maximum Gasteiger partial charge on any atom is 0.204 e. The van der Waals surface area contributed by atoms with E-state index in [1.807, 2.05) is 0 Å². The fourth-order valence-electron chi connectivity index (χ4n) is 2.33. The second-order valence-corrected chi connectivity index (χ2v) is 6.16. The van der Waals surface area contributed by atoms with Crippen molar-refractivity contribution in [3.63, 3.8) is 0 Å². The quantitative estimate of drug-likeness (QED) is 0.467. The first-order valence-electron chi connectivity index (χ1n) is 6.31. The Morgan fingerprint density at radius 3 is 2.50 bits per heavy atom. The Balaban J connectivity index is 2.73. The summed E-state index contributed by atoms with van der Waals surface area (Å²) in [6, 6.07) is 5.44. The van der Waals surface area contributed by atoms with Gasteiger partial charge in [0.25, 0.3) is 0 Å². The number of nitrogens with zero attached hydrogens (tertiary/aromatic N) is 2. The van der Waals surface area contributed by atoms with Crippen molar-refractivity contribution in [2.24, 2.45) is 0 Å². The van der Waals surface area contributed by atoms with Gasteiger partial charge >= 0.3 is 0 Å². The molecule has 1 aromatic carbocycles. The zero-order chi connectivity index (χ0) is 16.7. The van der Waals surface area contributed by atoms with Gasteiger partial charge in [0.2, 0.25) is 5.70 Å². The molecule has 0 spiro atoms. The predicted octanol–water partition coefficient (Wildman–Crippen LogP) is 5.88. The van der Waals surface area contributed by atoms with Crippen molar-refractivity contribution in [1.29, 1.82) is 5.26 Å². The molecule has 112 valence electrons. The van der Waals surface area contributed by atoms with Crippen LogP contribution in [0.5, 0.6) is 0 Å². The summed E-state index contributed by atoms with van der Waals surface area (Å²) < 4.78 is 5.96. The lowest BCUT2D eigenvalue weighted by molar-refractivity contribution is 0.0722. The van der Waals surface area contributed by atoms with Crippen molar-refractivity contribution in [1.82, 2.24) is 0 Å². The second-order valence-electron chi connectivity index (χ2n) is 5.00. The lowest BCUT2D eigenvalue weighted by Crippen LogP contribution is -2.23. The van der Waals surface area contributed by atoms with Crippen LogP contribution in [0.15, 0.2) is 34.7 Å². The van der Waals surface area contributed by atoms with Gasteiger partial charge in [0, 0.05) is 5.56 Å². The van der Waals surface area contributed by atoms with Crippen LogP contribution in [0.2, 0.25) is 15.1 Å². The van der Waals surface area contributed by atoms with Crippen molar-refractivity contribution >= 4 is 34.8 Å². The highest BCUT2D eigenvalue weighted by atomic mass is 35.5. The van der Waals surface area contributed by atoms with Crippen molar-refractivity contribution < 1.29 is 4.74 Å². The van der Waals surface area contributed by atoms with Crippen LogP contribution in [0.4, 0.5) is 0 Å². The number of halogens is 3. The van der Waals surface area contributed by atoms with E-state index in [1.54, 1.807) is 32.9 Å². The summed E-state index contributed by atoms with van der Waals surface area (Å²) in [5, 5.41) is 10.2. The lowest BCUT2D eigenvalue weighted by atomic mass is 9.88. The van der Waals surface area contributed by atoms with Crippen LogP contribution >= 0.6 is 34.8 Å². The Morgan fingerprint density at radius 1 is 1.32 bits per heavy atom. The molecule has 1 heterocycles. The molecular weight excluding hydrogens is 343 g/mol. The van der Waals surface area contributed by atoms with Gasteiger partial charge in [-0.05, 0) is 32.4 Å². The minimum Gasteiger partial charge on any atom is -0.488 e. The number of nitriles is 1. The smallest absolute Gasteiger partial charge is 0.204 e. The Labute approximate surface area is 144 Å². The van der Waals surface area contributed by atoms with Gasteiger partial charge < -0.3 is 4.74 Å². The maximum atomic E-state index is 9.39. The summed E-state index contributed by atoms with van der Waals surface area (Å²) in [7, 11) is 0. The van der Waals surface area contributed by atoms with Gasteiger partial charge in [0.05, 0.1) is 27.2 Å². The Kier molecular flexibility index (Phi) is 4.45. The average molecular weight is 354 g/mol. The standard InChI is InChI=1S/C16H11Cl3N2O/c1-8-10(7-20)15(9(2)21-4)22-16(8,3)11-5-6-12(17)14(19)13(11)18/h5-6H,1-3H3/b15-9-. The highest BCUT2D eigenvalue weighted by molar-refractivity contribution is 6.48. The number of allylic oxidation sites excluding steroid dienone is 2. The van der Waals surface area contributed by atoms with Gasteiger partial charge in [-0.15, -0.1) is 0 Å². The molecule has 1 aliphatic heterocycles. The topological polar surface area (TPSA) is 37.4 Å². The normalized spacial score (nSPS) is 22.9. The van der Waals surface area contributed by atoms with E-state index in [0.717, 1.165) is 0 Å². The van der Waals surface area contributed by atoms with Gasteiger partial charge in [-0.2, -0.15) is 5.26 Å². The fourth-order valence-corrected chi connectivity index (χ4v) is 3.05. The zero-order valence-electron chi connectivity index (χ0n) is 12.1. The Bertz CT molecular complexity index is 812. The molecule has 0 radical (unpaired) electrons. The van der Waals surface area contributed by atoms with Crippen LogP contribution in [0.3, 0.4) is 0 Å². The molecule has 3 nitrogen and oxygen atoms in total. The van der Waals surface area contributed by atoms with E-state index in [2.05, 4.69) is 10.9 Å². The predicted molar refractivity (Wildman–Crippen MR) is 87.5 cm³/mol. The van der Waals surface area contributed by atoms with Crippen molar-refractivity contribution in [2.45, 2.75) is 26.4 Å². The van der Waals surface area contributed by atoms with Crippen LogP contribution in [-0.4, -0.2) is 0 Å². The molecule has 0 fully saturated rings. The van der Waals surface area contributed by atoms with E-state index < -0.39 is 5.60 Å². The van der Waals surface area contributed by atoms with E-state index in [0.29, 0.717) is 27.4 Å². The van der Waals surface area contributed by atoms with Crippen molar-refractivity contribution in [3.8, 4) is 6.07 Å². The summed E-state index contributed by atoms with van der Waals surface area (Å²) in [4.78, 5) is 3.36. The third-order valence-electron chi connectivity index (χ3n) is 3.78. The molecule has 0 amide bonds. The molecule has 0 N–H and O–H groups in total. The minimum absolute atomic E-state index is 0.233. The van der Waals surface area contributed by atoms with E-state index >= 15 is 0 Å². The van der Waals surface area contributed by atoms with Gasteiger partial charge in [-0.3, -0.25) is 0 Å². The zero-order valence-corrected chi connectivity index (χ0v) is 14.4. The molecule has 1 aliphatic rings. The minimum atomic E-state index is -0.975. The molecule has 6 heteroatoms. The van der Waals surface area contributed by atoms with Gasteiger partial charge in [0.1, 0.15) is 11.8 Å². The monoisotopic (exact) mass is 352 g/mol. The summed E-state index contributed by atoms with van der Waals surface area (Å²) >= 11 is 18.4. The third kappa shape index (κ3) is 2.36. The molecule has 0 aromatic heterocycles. The van der Waals surface area contributed by atoms with E-state index in [9.17, 15) is 5.26 Å². The first-order valence-corrected chi connectivity index (χ1v) is 7.44. The molecule has 2 rings (SSSR count). The van der Waals surface area contributed by atoms with Crippen molar-refractivity contribution in [3.05, 3.63) is 66.8 Å². The average Bonchev–Trinajstić information content (AvgIpc) is 2.76. The van der Waals surface area contributed by atoms with Crippen LogP contribution in [0.1, 0.15) is 26.3 Å². The van der Waals surface area contributed by atoms with Crippen LogP contribution in [0.25, 0.3) is 4.85 Å². The molecule has 0 bridgehead atoms. The van der Waals surface area contributed by atoms with E-state index in [1.165, 1.54) is 0 Å². The van der Waals surface area contributed by atoms with Gasteiger partial charge in [0.15, 0.2) is 5.60 Å². The second kappa shape index (κ2) is 5.86. The largest absolute Gasteiger partial charge is 0.488 e. The first-order chi connectivity index (χ1) is 10.3. The highest BCUT2D eigenvalue weighted by Crippen LogP contribution is 2.49. The number of benzene rings is 1. The molecule has 22 heavy (non-hydrogen) atoms. The summed E-state index contributed by atoms with van der Waals surface area (Å²) in [5.41, 5.74) is 0.960. The SMILES string of the molecule is [C-]#[N+]/C(C)=C1\OC(C)(c2ccc(Cl)c(Cl)c2Cl)C(C)=C1C#N. The van der Waals surface area contributed by atoms with Crippen molar-refractivity contribution in [2.75, 3.05) is 0 Å². The van der Waals surface area contributed by atoms with E-state index in [4.69, 9.17) is 46.1 Å².